The van der Waals surface area contributed by atoms with E-state index in [0.717, 1.165) is 43.5 Å². The first-order chi connectivity index (χ1) is 17.6. The summed E-state index contributed by atoms with van der Waals surface area (Å²) < 4.78 is 7.76. The number of nitrogens with zero attached hydrogens (tertiary/aromatic N) is 3. The van der Waals surface area contributed by atoms with Gasteiger partial charge in [-0.3, -0.25) is 24.0 Å². The summed E-state index contributed by atoms with van der Waals surface area (Å²) in [5, 5.41) is 18.2. The molecular weight excluding hydrogens is 482 g/mol. The van der Waals surface area contributed by atoms with Crippen molar-refractivity contribution in [1.82, 2.24) is 36.3 Å². The van der Waals surface area contributed by atoms with Crippen LogP contribution in [0.3, 0.4) is 0 Å². The second-order valence-corrected chi connectivity index (χ2v) is 9.59. The van der Waals surface area contributed by atoms with Gasteiger partial charge in [0.05, 0.1) is 37.6 Å². The van der Waals surface area contributed by atoms with Crippen LogP contribution in [0.4, 0.5) is 0 Å². The lowest BCUT2D eigenvalue weighted by molar-refractivity contribution is -0.131. The zero-order chi connectivity index (χ0) is 27.4. The molecule has 0 saturated heterocycles. The van der Waals surface area contributed by atoms with Crippen LogP contribution in [-0.4, -0.2) is 77.2 Å². The minimum atomic E-state index is -0.580. The first-order valence-corrected chi connectivity index (χ1v) is 12.7. The Balaban J connectivity index is 1.69. The second kappa shape index (κ2) is 15.0. The van der Waals surface area contributed by atoms with E-state index in [4.69, 9.17) is 4.74 Å². The summed E-state index contributed by atoms with van der Waals surface area (Å²) in [7, 11) is 0. The number of aromatic nitrogens is 3. The predicted octanol–water partition coefficient (Wildman–Crippen LogP) is -0.277. The van der Waals surface area contributed by atoms with Gasteiger partial charge in [-0.2, -0.15) is 0 Å². The predicted molar refractivity (Wildman–Crippen MR) is 133 cm³/mol. The van der Waals surface area contributed by atoms with Gasteiger partial charge in [-0.15, -0.1) is 5.10 Å². The molecular formula is C24H39N7O6. The van der Waals surface area contributed by atoms with E-state index in [-0.39, 0.29) is 56.6 Å². The molecule has 2 rings (SSSR count). The fourth-order valence-electron chi connectivity index (χ4n) is 3.67. The molecule has 0 spiro atoms. The number of hydrogen-bond acceptors (Lipinski definition) is 8. The number of ketones is 1. The normalized spacial score (nSPS) is 15.4. The number of hydrogen-bond donors (Lipinski definition) is 4. The Hall–Kier alpha value is -3.35. The maximum Gasteiger partial charge on any atom is 0.246 e. The lowest BCUT2D eigenvalue weighted by atomic mass is 9.98. The van der Waals surface area contributed by atoms with E-state index in [0.29, 0.717) is 0 Å². The van der Waals surface area contributed by atoms with Crippen LogP contribution in [0.2, 0.25) is 0 Å². The summed E-state index contributed by atoms with van der Waals surface area (Å²) >= 11 is 0. The molecule has 1 unspecified atom stereocenters. The van der Waals surface area contributed by atoms with Gasteiger partial charge >= 0.3 is 0 Å². The van der Waals surface area contributed by atoms with Crippen LogP contribution < -0.4 is 21.3 Å². The topological polar surface area (TPSA) is 173 Å². The van der Waals surface area contributed by atoms with Crippen molar-refractivity contribution in [3.05, 3.63) is 11.4 Å². The largest absolute Gasteiger partial charge is 0.362 e. The monoisotopic (exact) mass is 521 g/mol. The molecule has 4 N–H and O–H groups in total. The zero-order valence-corrected chi connectivity index (χ0v) is 22.1. The second-order valence-electron chi connectivity index (χ2n) is 9.59. The van der Waals surface area contributed by atoms with E-state index in [9.17, 15) is 24.0 Å². The Labute approximate surface area is 216 Å². The Morgan fingerprint density at radius 3 is 1.97 bits per heavy atom. The molecule has 37 heavy (non-hydrogen) atoms. The number of carbonyl (C=O) groups is 5. The van der Waals surface area contributed by atoms with Gasteiger partial charge < -0.3 is 26.0 Å². The fourth-order valence-corrected chi connectivity index (χ4v) is 3.67. The number of amides is 4. The highest BCUT2D eigenvalue weighted by Gasteiger charge is 2.26. The van der Waals surface area contributed by atoms with Crippen molar-refractivity contribution in [1.29, 1.82) is 0 Å². The third-order valence-corrected chi connectivity index (χ3v) is 5.84. The molecule has 206 valence electrons. The third-order valence-electron chi connectivity index (χ3n) is 5.84. The number of rotatable bonds is 13. The van der Waals surface area contributed by atoms with Gasteiger partial charge in [0.25, 0.3) is 0 Å². The average Bonchev–Trinajstić information content (AvgIpc) is 3.26. The van der Waals surface area contributed by atoms with Crippen molar-refractivity contribution >= 4 is 29.4 Å². The van der Waals surface area contributed by atoms with Gasteiger partial charge in [-0.25, -0.2) is 4.68 Å². The maximum absolute atomic E-state index is 12.3. The Morgan fingerprint density at radius 1 is 0.838 bits per heavy atom. The van der Waals surface area contributed by atoms with Crippen LogP contribution in [0.1, 0.15) is 76.9 Å². The molecule has 1 aliphatic rings. The smallest absolute Gasteiger partial charge is 0.246 e. The van der Waals surface area contributed by atoms with Crippen LogP contribution in [0.25, 0.3) is 0 Å². The zero-order valence-electron chi connectivity index (χ0n) is 22.1. The molecule has 0 bridgehead atoms. The van der Waals surface area contributed by atoms with E-state index in [1.165, 1.54) is 0 Å². The molecule has 4 amide bonds. The SMILES string of the molecule is CC(C)C(=O)CNC(=O)CNC(=O)CNC(=O)CNC(=O)COC1CCCCCc2nnn(C(C)C)c21. The number of Topliss-reactive ketones (excluding diaryl/α,β-unsaturated/α-hetero) is 1. The van der Waals surface area contributed by atoms with Crippen molar-refractivity contribution in [2.75, 3.05) is 32.8 Å². The fraction of sp³-hybridized carbons (Fsp3) is 0.708. The van der Waals surface area contributed by atoms with Crippen LogP contribution in [-0.2, 0) is 35.1 Å². The highest BCUT2D eigenvalue weighted by Crippen LogP contribution is 2.31. The lowest BCUT2D eigenvalue weighted by Crippen LogP contribution is -2.45. The van der Waals surface area contributed by atoms with Crippen molar-refractivity contribution in [3.8, 4) is 0 Å². The minimum Gasteiger partial charge on any atom is -0.362 e. The molecule has 1 aromatic heterocycles. The van der Waals surface area contributed by atoms with Crippen LogP contribution >= 0.6 is 0 Å². The molecule has 13 heteroatoms. The van der Waals surface area contributed by atoms with Crippen molar-refractivity contribution < 1.29 is 28.7 Å². The average molecular weight is 522 g/mol. The molecule has 0 saturated carbocycles. The van der Waals surface area contributed by atoms with Crippen molar-refractivity contribution in [3.63, 3.8) is 0 Å². The highest BCUT2D eigenvalue weighted by atomic mass is 16.5. The molecule has 0 aromatic carbocycles. The van der Waals surface area contributed by atoms with Gasteiger partial charge in [0, 0.05) is 12.0 Å². The summed E-state index contributed by atoms with van der Waals surface area (Å²) in [4.78, 5) is 59.3. The van der Waals surface area contributed by atoms with Crippen molar-refractivity contribution in [2.45, 2.75) is 71.9 Å². The number of carbonyl (C=O) groups excluding carboxylic acids is 5. The summed E-state index contributed by atoms with van der Waals surface area (Å²) in [6.07, 6.45) is 4.33. The number of ether oxygens (including phenoxy) is 1. The van der Waals surface area contributed by atoms with E-state index in [1.807, 2.05) is 18.5 Å². The first kappa shape index (κ1) is 29.9. The van der Waals surface area contributed by atoms with E-state index < -0.39 is 23.6 Å². The molecule has 1 heterocycles. The summed E-state index contributed by atoms with van der Waals surface area (Å²) in [5.41, 5.74) is 1.81. The Morgan fingerprint density at radius 2 is 1.41 bits per heavy atom. The van der Waals surface area contributed by atoms with Gasteiger partial charge in [0.15, 0.2) is 5.78 Å². The van der Waals surface area contributed by atoms with E-state index >= 15 is 0 Å². The Kier molecular flexibility index (Phi) is 12.1. The molecule has 1 aromatic rings. The van der Waals surface area contributed by atoms with Gasteiger partial charge in [-0.05, 0) is 33.1 Å². The quantitative estimate of drug-likeness (QED) is 0.274. The van der Waals surface area contributed by atoms with Crippen LogP contribution in [0.5, 0.6) is 0 Å². The molecule has 13 nitrogen and oxygen atoms in total. The van der Waals surface area contributed by atoms with E-state index in [2.05, 4.69) is 31.6 Å². The standard InChI is InChI=1S/C24H39N7O6/c1-15(2)18(32)10-25-20(33)11-26-21(34)12-27-22(35)13-28-23(36)14-37-19-9-7-5-6-8-17-24(19)31(16(3)4)30-29-17/h15-16,19H,5-14H2,1-4H3,(H,25,33)(H,26,34)(H,27,35)(H,28,36). The summed E-state index contributed by atoms with van der Waals surface area (Å²) in [6, 6.07) is 0.111. The molecule has 0 aliphatic heterocycles. The van der Waals surface area contributed by atoms with Gasteiger partial charge in [0.1, 0.15) is 12.7 Å². The lowest BCUT2D eigenvalue weighted by Gasteiger charge is -2.23. The van der Waals surface area contributed by atoms with Crippen LogP contribution in [0.15, 0.2) is 0 Å². The summed E-state index contributed by atoms with van der Waals surface area (Å²) in [6.45, 7) is 6.15. The first-order valence-electron chi connectivity index (χ1n) is 12.7. The Bertz CT molecular complexity index is 959. The number of aryl methyl sites for hydroxylation is 1. The number of fused-ring (bicyclic) bond motifs is 1. The molecule has 0 radical (unpaired) electrons. The molecule has 0 fully saturated rings. The van der Waals surface area contributed by atoms with Gasteiger partial charge in [0.2, 0.25) is 23.6 Å². The minimum absolute atomic E-state index is 0.104. The highest BCUT2D eigenvalue weighted by molar-refractivity contribution is 5.91. The maximum atomic E-state index is 12.3. The van der Waals surface area contributed by atoms with Crippen LogP contribution in [0, 0.1) is 5.92 Å². The summed E-state index contributed by atoms with van der Waals surface area (Å²) in [5.74, 6) is -2.43. The molecule has 1 atom stereocenters. The van der Waals surface area contributed by atoms with Gasteiger partial charge in [-0.1, -0.05) is 31.9 Å². The molecule has 1 aliphatic carbocycles. The van der Waals surface area contributed by atoms with Crippen molar-refractivity contribution in [2.24, 2.45) is 5.92 Å². The number of nitrogens with one attached hydrogen (secondary N) is 4. The van der Waals surface area contributed by atoms with E-state index in [1.54, 1.807) is 13.8 Å². The third kappa shape index (κ3) is 10.3.